The zero-order chi connectivity index (χ0) is 20.1. The fraction of sp³-hybridized carbons (Fsp3) is 0.542. The van der Waals surface area contributed by atoms with Gasteiger partial charge in [-0.2, -0.15) is 0 Å². The summed E-state index contributed by atoms with van der Waals surface area (Å²) < 4.78 is 11.5. The van der Waals surface area contributed by atoms with Crippen LogP contribution in [0.5, 0.6) is 5.75 Å². The molecule has 1 aromatic carbocycles. The highest BCUT2D eigenvalue weighted by atomic mass is 16.5. The van der Waals surface area contributed by atoms with Crippen LogP contribution in [0, 0.1) is 22.7 Å². The average Bonchev–Trinajstić information content (AvgIpc) is 2.64. The molecule has 1 heterocycles. The molecule has 4 atom stereocenters. The van der Waals surface area contributed by atoms with Crippen LogP contribution in [-0.2, 0) is 0 Å². The first-order valence-corrected chi connectivity index (χ1v) is 10.2. The first-order chi connectivity index (χ1) is 13.2. The van der Waals surface area contributed by atoms with E-state index in [1.54, 1.807) is 12.1 Å². The van der Waals surface area contributed by atoms with Crippen LogP contribution in [0.25, 0.3) is 11.0 Å². The second-order valence-corrected chi connectivity index (χ2v) is 9.45. The highest BCUT2D eigenvalue weighted by Crippen LogP contribution is 2.60. The Morgan fingerprint density at radius 2 is 1.96 bits per heavy atom. The van der Waals surface area contributed by atoms with Crippen molar-refractivity contribution >= 4 is 11.0 Å². The summed E-state index contributed by atoms with van der Waals surface area (Å²) >= 11 is 0. The predicted molar refractivity (Wildman–Crippen MR) is 110 cm³/mol. The normalized spacial score (nSPS) is 32.1. The van der Waals surface area contributed by atoms with E-state index in [0.29, 0.717) is 23.9 Å². The van der Waals surface area contributed by atoms with Crippen molar-refractivity contribution in [3.63, 3.8) is 0 Å². The number of rotatable bonds is 3. The number of hydrogen-bond acceptors (Lipinski definition) is 4. The molecule has 2 saturated carbocycles. The molecular weight excluding hydrogens is 352 g/mol. The molecule has 0 unspecified atom stereocenters. The second-order valence-electron chi connectivity index (χ2n) is 9.45. The van der Waals surface area contributed by atoms with Gasteiger partial charge in [-0.15, -0.1) is 0 Å². The molecule has 28 heavy (non-hydrogen) atoms. The zero-order valence-corrected chi connectivity index (χ0v) is 17.0. The summed E-state index contributed by atoms with van der Waals surface area (Å²) in [6, 6.07) is 8.80. The lowest BCUT2D eigenvalue weighted by Gasteiger charge is -2.59. The number of ether oxygens (including phenoxy) is 1. The highest BCUT2D eigenvalue weighted by Gasteiger charge is 2.56. The first kappa shape index (κ1) is 19.3. The van der Waals surface area contributed by atoms with Crippen LogP contribution in [-0.4, -0.2) is 17.8 Å². The molecule has 2 aliphatic rings. The maximum atomic E-state index is 11.5. The van der Waals surface area contributed by atoms with Gasteiger partial charge in [0, 0.05) is 23.4 Å². The Labute approximate surface area is 166 Å². The van der Waals surface area contributed by atoms with Crippen molar-refractivity contribution in [1.82, 2.24) is 0 Å². The molecule has 2 aromatic rings. The SMILES string of the molecule is C=C1CC[C@H]2C(C)(C)[C@@H](O)CC[C@@]2(C)[C@H]1COc1ccc2ccc(=O)oc2c1. The fourth-order valence-electron chi connectivity index (χ4n) is 5.78. The largest absolute Gasteiger partial charge is 0.493 e. The van der Waals surface area contributed by atoms with Crippen LogP contribution in [0.3, 0.4) is 0 Å². The summed E-state index contributed by atoms with van der Waals surface area (Å²) in [5.74, 6) is 1.39. The summed E-state index contributed by atoms with van der Waals surface area (Å²) in [6.07, 6.45) is 3.63. The van der Waals surface area contributed by atoms with Gasteiger partial charge in [-0.3, -0.25) is 0 Å². The number of fused-ring (bicyclic) bond motifs is 2. The lowest BCUT2D eigenvalue weighted by molar-refractivity contribution is -0.128. The molecule has 0 aliphatic heterocycles. The van der Waals surface area contributed by atoms with Crippen molar-refractivity contribution in [2.24, 2.45) is 22.7 Å². The van der Waals surface area contributed by atoms with Crippen molar-refractivity contribution in [2.75, 3.05) is 6.61 Å². The van der Waals surface area contributed by atoms with Gasteiger partial charge in [0.05, 0.1) is 12.7 Å². The number of aliphatic hydroxyl groups excluding tert-OH is 1. The van der Waals surface area contributed by atoms with Crippen molar-refractivity contribution < 1.29 is 14.3 Å². The highest BCUT2D eigenvalue weighted by molar-refractivity contribution is 5.77. The van der Waals surface area contributed by atoms with Crippen molar-refractivity contribution in [2.45, 2.75) is 52.6 Å². The standard InChI is InChI=1S/C24H30O4/c1-15-5-9-20-23(2,3)21(25)11-12-24(20,4)18(15)14-27-17-8-6-16-7-10-22(26)28-19(16)13-17/h6-8,10,13,18,20-21,25H,1,5,9,11-12,14H2,2-4H3/t18-,20-,21-,24-/m0/s1. The Kier molecular flexibility index (Phi) is 4.65. The summed E-state index contributed by atoms with van der Waals surface area (Å²) in [7, 11) is 0. The van der Waals surface area contributed by atoms with E-state index in [9.17, 15) is 9.90 Å². The topological polar surface area (TPSA) is 59.7 Å². The van der Waals surface area contributed by atoms with Crippen molar-refractivity contribution in [3.05, 3.63) is 52.9 Å². The summed E-state index contributed by atoms with van der Waals surface area (Å²) in [4.78, 5) is 11.5. The monoisotopic (exact) mass is 382 g/mol. The van der Waals surface area contributed by atoms with Gasteiger partial charge in [-0.05, 0) is 60.6 Å². The molecule has 2 aliphatic carbocycles. The Morgan fingerprint density at radius 3 is 2.75 bits per heavy atom. The lowest BCUT2D eigenvalue weighted by Crippen LogP contribution is -2.55. The van der Waals surface area contributed by atoms with Crippen LogP contribution < -0.4 is 10.4 Å². The van der Waals surface area contributed by atoms with Gasteiger partial charge >= 0.3 is 5.63 Å². The van der Waals surface area contributed by atoms with Gasteiger partial charge < -0.3 is 14.3 Å². The Bertz CT molecular complexity index is 956. The third-order valence-corrected chi connectivity index (χ3v) is 7.56. The molecule has 0 spiro atoms. The minimum atomic E-state index is -0.358. The second kappa shape index (κ2) is 6.77. The van der Waals surface area contributed by atoms with Gasteiger partial charge in [-0.25, -0.2) is 4.79 Å². The van der Waals surface area contributed by atoms with E-state index in [1.807, 2.05) is 12.1 Å². The summed E-state index contributed by atoms with van der Waals surface area (Å²) in [5.41, 5.74) is 1.40. The minimum Gasteiger partial charge on any atom is -0.493 e. The molecule has 1 aromatic heterocycles. The van der Waals surface area contributed by atoms with E-state index in [0.717, 1.165) is 31.1 Å². The third kappa shape index (κ3) is 3.08. The van der Waals surface area contributed by atoms with Gasteiger partial charge in [0.25, 0.3) is 0 Å². The molecule has 150 valence electrons. The molecule has 2 fully saturated rings. The molecule has 0 saturated heterocycles. The van der Waals surface area contributed by atoms with E-state index >= 15 is 0 Å². The zero-order valence-electron chi connectivity index (χ0n) is 17.0. The molecule has 0 bridgehead atoms. The summed E-state index contributed by atoms with van der Waals surface area (Å²) in [5, 5.41) is 11.5. The quantitative estimate of drug-likeness (QED) is 0.603. The Hall–Kier alpha value is -2.07. The van der Waals surface area contributed by atoms with Crippen molar-refractivity contribution in [1.29, 1.82) is 0 Å². The third-order valence-electron chi connectivity index (χ3n) is 7.56. The smallest absolute Gasteiger partial charge is 0.336 e. The van der Waals surface area contributed by atoms with E-state index in [-0.39, 0.29) is 28.5 Å². The van der Waals surface area contributed by atoms with E-state index < -0.39 is 0 Å². The van der Waals surface area contributed by atoms with Crippen molar-refractivity contribution in [3.8, 4) is 5.75 Å². The van der Waals surface area contributed by atoms with Crippen LogP contribution in [0.4, 0.5) is 0 Å². The van der Waals surface area contributed by atoms with E-state index in [4.69, 9.17) is 9.15 Å². The first-order valence-electron chi connectivity index (χ1n) is 10.2. The van der Waals surface area contributed by atoms with Crippen LogP contribution in [0.1, 0.15) is 46.5 Å². The molecule has 0 radical (unpaired) electrons. The maximum Gasteiger partial charge on any atom is 0.336 e. The number of benzene rings is 1. The molecule has 1 N–H and O–H groups in total. The van der Waals surface area contributed by atoms with Gasteiger partial charge in [0.1, 0.15) is 11.3 Å². The van der Waals surface area contributed by atoms with E-state index in [1.165, 1.54) is 11.6 Å². The van der Waals surface area contributed by atoms with Gasteiger partial charge in [0.15, 0.2) is 0 Å². The van der Waals surface area contributed by atoms with Crippen LogP contribution >= 0.6 is 0 Å². The average molecular weight is 383 g/mol. The Balaban J connectivity index is 1.58. The molecule has 4 heteroatoms. The summed E-state index contributed by atoms with van der Waals surface area (Å²) in [6.45, 7) is 11.7. The van der Waals surface area contributed by atoms with Gasteiger partial charge in [0.2, 0.25) is 0 Å². The number of hydrogen-bond donors (Lipinski definition) is 1. The van der Waals surface area contributed by atoms with E-state index in [2.05, 4.69) is 27.4 Å². The Morgan fingerprint density at radius 1 is 1.21 bits per heavy atom. The molecule has 4 nitrogen and oxygen atoms in total. The van der Waals surface area contributed by atoms with Crippen LogP contribution in [0.2, 0.25) is 0 Å². The molecule has 4 rings (SSSR count). The minimum absolute atomic E-state index is 0.0709. The fourth-order valence-corrected chi connectivity index (χ4v) is 5.78. The molecular formula is C24H30O4. The maximum absolute atomic E-state index is 11.5. The lowest BCUT2D eigenvalue weighted by atomic mass is 9.47. The number of aliphatic hydroxyl groups is 1. The molecule has 0 amide bonds. The van der Waals surface area contributed by atoms with Crippen LogP contribution in [0.15, 0.2) is 51.7 Å². The van der Waals surface area contributed by atoms with Gasteiger partial charge in [-0.1, -0.05) is 32.9 Å². The predicted octanol–water partition coefficient (Wildman–Crippen LogP) is 4.94.